The first-order valence-electron chi connectivity index (χ1n) is 12.3. The van der Waals surface area contributed by atoms with Crippen LogP contribution in [0.1, 0.15) is 38.8 Å². The third-order valence-corrected chi connectivity index (χ3v) is 5.18. The van der Waals surface area contributed by atoms with Crippen molar-refractivity contribution >= 4 is 32.7 Å². The smallest absolute Gasteiger partial charge is 0.144 e. The van der Waals surface area contributed by atoms with E-state index < -0.39 is 6.85 Å². The Bertz CT molecular complexity index is 1570. The molecule has 2 aromatic heterocycles. The predicted octanol–water partition coefficient (Wildman–Crippen LogP) is 7.70. The molecule has 0 N–H and O–H groups in total. The van der Waals surface area contributed by atoms with Gasteiger partial charge in [-0.3, -0.25) is 4.98 Å². The lowest BCUT2D eigenvalue weighted by Gasteiger charge is -2.20. The van der Waals surface area contributed by atoms with Gasteiger partial charge in [0.15, 0.2) is 0 Å². The van der Waals surface area contributed by atoms with E-state index in [0.717, 1.165) is 27.1 Å². The summed E-state index contributed by atoms with van der Waals surface area (Å²) in [5.74, 6) is 0. The van der Waals surface area contributed by atoms with Gasteiger partial charge < -0.3 is 4.42 Å². The molecule has 2 heteroatoms. The summed E-state index contributed by atoms with van der Waals surface area (Å²) in [6.45, 7) is 3.45. The van der Waals surface area contributed by atoms with Crippen LogP contribution in [0.5, 0.6) is 0 Å². The molecule has 144 valence electrons. The lowest BCUT2D eigenvalue weighted by molar-refractivity contribution is 0.410. The highest BCUT2D eigenvalue weighted by molar-refractivity contribution is 6.13. The summed E-state index contributed by atoms with van der Waals surface area (Å²) < 4.78 is 47.7. The van der Waals surface area contributed by atoms with Gasteiger partial charge in [0.05, 0.1) is 8.44 Å². The normalized spacial score (nSPS) is 15.2. The number of fused-ring (bicyclic) bond motifs is 4. The van der Waals surface area contributed by atoms with Gasteiger partial charge in [0.2, 0.25) is 0 Å². The van der Waals surface area contributed by atoms with Crippen LogP contribution in [0.3, 0.4) is 0 Å². The third-order valence-electron chi connectivity index (χ3n) is 5.18. The molecule has 0 spiro atoms. The van der Waals surface area contributed by atoms with Crippen molar-refractivity contribution in [3.05, 3.63) is 77.9 Å². The number of aromatic nitrogens is 1. The molecule has 0 aliphatic carbocycles. The summed E-state index contributed by atoms with van der Waals surface area (Å²) in [5, 5.41) is 4.02. The molecule has 0 unspecified atom stereocenters. The molecule has 0 saturated carbocycles. The zero-order valence-corrected chi connectivity index (χ0v) is 16.8. The lowest BCUT2D eigenvalue weighted by atomic mass is 9.86. The first kappa shape index (κ1) is 13.2. The van der Waals surface area contributed by atoms with E-state index in [0.29, 0.717) is 23.1 Å². The topological polar surface area (TPSA) is 26.0 Å². The van der Waals surface area contributed by atoms with Crippen LogP contribution in [0.4, 0.5) is 0 Å². The molecule has 2 nitrogen and oxygen atoms in total. The van der Waals surface area contributed by atoms with E-state index in [1.807, 2.05) is 63.2 Å². The van der Waals surface area contributed by atoms with E-state index in [1.165, 1.54) is 0 Å². The van der Waals surface area contributed by atoms with Crippen molar-refractivity contribution in [3.8, 4) is 11.3 Å². The van der Waals surface area contributed by atoms with Crippen LogP contribution in [-0.2, 0) is 6.42 Å². The lowest BCUT2D eigenvalue weighted by Crippen LogP contribution is -2.10. The minimum absolute atomic E-state index is 0.0372. The molecule has 5 aromatic rings. The zero-order chi connectivity index (χ0) is 24.4. The molecule has 0 saturated heterocycles. The zero-order valence-electron chi connectivity index (χ0n) is 21.8. The molecule has 0 amide bonds. The van der Waals surface area contributed by atoms with E-state index in [9.17, 15) is 0 Å². The van der Waals surface area contributed by atoms with E-state index in [4.69, 9.17) is 11.3 Å². The molecule has 0 radical (unpaired) electrons. The second-order valence-corrected chi connectivity index (χ2v) is 8.77. The predicted molar refractivity (Wildman–Crippen MR) is 122 cm³/mol. The fourth-order valence-electron chi connectivity index (χ4n) is 3.87. The third kappa shape index (κ3) is 3.19. The van der Waals surface area contributed by atoms with Crippen molar-refractivity contribution in [1.82, 2.24) is 4.98 Å². The van der Waals surface area contributed by atoms with Crippen LogP contribution in [0.15, 0.2) is 71.2 Å². The SMILES string of the molecule is [2H]c1nc(-c2cccc3c2oc2cc4ccccc4cc23)c([2H])c(CC(C)(C)C)c1C([2H])([2H])[2H]. The molecular formula is C27H25NO. The van der Waals surface area contributed by atoms with Crippen LogP contribution in [-0.4, -0.2) is 4.98 Å². The second-order valence-electron chi connectivity index (χ2n) is 8.77. The van der Waals surface area contributed by atoms with E-state index in [2.05, 4.69) is 17.1 Å². The Hall–Kier alpha value is -3.13. The first-order valence-corrected chi connectivity index (χ1v) is 9.79. The molecule has 0 bridgehead atoms. The van der Waals surface area contributed by atoms with Gasteiger partial charge in [-0.25, -0.2) is 0 Å². The summed E-state index contributed by atoms with van der Waals surface area (Å²) in [4.78, 5) is 4.33. The molecule has 5 rings (SSSR count). The van der Waals surface area contributed by atoms with Crippen molar-refractivity contribution in [2.45, 2.75) is 34.0 Å². The maximum absolute atomic E-state index is 8.97. The largest absolute Gasteiger partial charge is 0.455 e. The Balaban J connectivity index is 1.82. The first-order chi connectivity index (χ1) is 15.9. The highest BCUT2D eigenvalue weighted by Gasteiger charge is 2.17. The Morgan fingerprint density at radius 3 is 2.55 bits per heavy atom. The molecule has 2 heterocycles. The van der Waals surface area contributed by atoms with Crippen molar-refractivity contribution in [2.75, 3.05) is 0 Å². The van der Waals surface area contributed by atoms with Gasteiger partial charge in [0, 0.05) is 26.6 Å². The monoisotopic (exact) mass is 384 g/mol. The fourth-order valence-corrected chi connectivity index (χ4v) is 3.87. The van der Waals surface area contributed by atoms with Crippen LogP contribution in [0.2, 0.25) is 0 Å². The Labute approximate surface area is 178 Å². The second kappa shape index (κ2) is 6.45. The number of para-hydroxylation sites is 1. The van der Waals surface area contributed by atoms with Gasteiger partial charge in [-0.05, 0) is 64.8 Å². The maximum atomic E-state index is 8.97. The average molecular weight is 385 g/mol. The van der Waals surface area contributed by atoms with Crippen molar-refractivity contribution in [3.63, 3.8) is 0 Å². The van der Waals surface area contributed by atoms with Crippen molar-refractivity contribution in [1.29, 1.82) is 0 Å². The number of pyridine rings is 1. The van der Waals surface area contributed by atoms with Crippen molar-refractivity contribution < 1.29 is 11.3 Å². The van der Waals surface area contributed by atoms with Crippen LogP contribution in [0.25, 0.3) is 44.0 Å². The maximum Gasteiger partial charge on any atom is 0.144 e. The number of hydrogen-bond acceptors (Lipinski definition) is 2. The number of rotatable bonds is 2. The number of furan rings is 1. The molecule has 29 heavy (non-hydrogen) atoms. The quantitative estimate of drug-likeness (QED) is 0.312. The molecule has 0 atom stereocenters. The number of nitrogens with zero attached hydrogens (tertiary/aromatic N) is 1. The van der Waals surface area contributed by atoms with Gasteiger partial charge in [-0.2, -0.15) is 0 Å². The van der Waals surface area contributed by atoms with E-state index in [-0.39, 0.29) is 28.9 Å². The Kier molecular flexibility index (Phi) is 2.93. The molecular weight excluding hydrogens is 354 g/mol. The van der Waals surface area contributed by atoms with Gasteiger partial charge in [-0.15, -0.1) is 0 Å². The van der Waals surface area contributed by atoms with Gasteiger partial charge in [0.1, 0.15) is 11.2 Å². The highest BCUT2D eigenvalue weighted by atomic mass is 16.3. The summed E-state index contributed by atoms with van der Waals surface area (Å²) in [6.07, 6.45) is 0.0340. The Morgan fingerprint density at radius 2 is 1.79 bits per heavy atom. The van der Waals surface area contributed by atoms with Crippen LogP contribution in [0, 0.1) is 12.3 Å². The molecule has 3 aromatic carbocycles. The summed E-state index contributed by atoms with van der Waals surface area (Å²) >= 11 is 0. The summed E-state index contributed by atoms with van der Waals surface area (Å²) in [7, 11) is 0. The molecule has 0 aliphatic rings. The minimum atomic E-state index is -2.52. The highest BCUT2D eigenvalue weighted by Crippen LogP contribution is 2.37. The number of hydrogen-bond donors (Lipinski definition) is 0. The summed E-state index contributed by atoms with van der Waals surface area (Å²) in [6, 6.07) is 17.9. The average Bonchev–Trinajstić information content (AvgIpc) is 3.10. The standard InChI is InChI=1S/C27H25NO/c1-17-16-28-24(13-20(17)15-27(2,3)4)22-11-7-10-21-23-12-18-8-5-6-9-19(18)14-25(23)29-26(21)22/h5-14,16H,15H2,1-4H3/i1D3,13D,16D. The van der Waals surface area contributed by atoms with Gasteiger partial charge in [0.25, 0.3) is 0 Å². The minimum Gasteiger partial charge on any atom is -0.455 e. The van der Waals surface area contributed by atoms with E-state index >= 15 is 0 Å². The van der Waals surface area contributed by atoms with Crippen LogP contribution >= 0.6 is 0 Å². The van der Waals surface area contributed by atoms with Gasteiger partial charge in [-0.1, -0.05) is 57.2 Å². The van der Waals surface area contributed by atoms with Gasteiger partial charge >= 0.3 is 0 Å². The molecule has 0 fully saturated rings. The fraction of sp³-hybridized carbons (Fsp3) is 0.222. The number of benzene rings is 3. The van der Waals surface area contributed by atoms with Crippen molar-refractivity contribution in [2.24, 2.45) is 5.41 Å². The van der Waals surface area contributed by atoms with E-state index in [1.54, 1.807) is 0 Å². The molecule has 0 aliphatic heterocycles. The summed E-state index contributed by atoms with van der Waals surface area (Å²) in [5.41, 5.74) is 2.10. The van der Waals surface area contributed by atoms with Crippen LogP contribution < -0.4 is 0 Å². The Morgan fingerprint density at radius 1 is 1.00 bits per heavy atom.